The minimum absolute atomic E-state index is 1.71. The molecule has 0 spiro atoms. The molecule has 3 nitrogen and oxygen atoms in total. The third-order valence-electron chi connectivity index (χ3n) is 0.0722. The summed E-state index contributed by atoms with van der Waals surface area (Å²) in [5.74, 6) is 4.48. The van der Waals surface area contributed by atoms with Crippen molar-refractivity contribution in [1.82, 2.24) is 5.43 Å². The second-order valence-electron chi connectivity index (χ2n) is 0.269. The maximum absolute atomic E-state index is 5.97. The largest absolute Gasteiger partial charge is 0.528 e. The molecule has 0 amide bonds. The summed E-state index contributed by atoms with van der Waals surface area (Å²) < 4.78 is 0. The van der Waals surface area contributed by atoms with Crippen LogP contribution in [0.15, 0.2) is 0 Å². The highest BCUT2D eigenvalue weighted by Gasteiger charge is 1.65. The van der Waals surface area contributed by atoms with Gasteiger partial charge in [0.05, 0.1) is 0 Å². The minimum Gasteiger partial charge on any atom is -0.206 e. The highest BCUT2D eigenvalue weighted by atomic mass is 15.2. The molecule has 0 saturated carbocycles. The fourth-order valence-electron chi connectivity index (χ4n) is 0. The van der Waals surface area contributed by atoms with Gasteiger partial charge in [-0.15, -0.1) is 0 Å². The minimum atomic E-state index is 1.71. The first kappa shape index (κ1) is 3.34. The Kier molecular flexibility index (Phi) is 1.95. The van der Waals surface area contributed by atoms with Crippen LogP contribution in [0.3, 0.4) is 0 Å². The zero-order valence-electron chi connectivity index (χ0n) is 2.08. The van der Waals surface area contributed by atoms with Gasteiger partial charge in [0.1, 0.15) is 0 Å². The summed E-state index contributed by atoms with van der Waals surface area (Å²) in [6.45, 7) is 0. The van der Waals surface area contributed by atoms with Crippen molar-refractivity contribution in [2.24, 2.45) is 5.84 Å². The van der Waals surface area contributed by atoms with Crippen LogP contribution in [0.1, 0.15) is 0 Å². The van der Waals surface area contributed by atoms with Crippen molar-refractivity contribution in [2.75, 3.05) is 0 Å². The lowest BCUT2D eigenvalue weighted by molar-refractivity contribution is 1.05. The predicted molar refractivity (Wildman–Crippen MR) is 15.0 cm³/mol. The summed E-state index contributed by atoms with van der Waals surface area (Å²) in [5, 5.41) is 5.97. The molecule has 0 aliphatic rings. The van der Waals surface area contributed by atoms with E-state index in [2.05, 4.69) is 5.84 Å². The van der Waals surface area contributed by atoms with E-state index in [0.29, 0.717) is 0 Å². The highest BCUT2D eigenvalue weighted by molar-refractivity contribution is 5.48. The van der Waals surface area contributed by atoms with E-state index in [9.17, 15) is 0 Å². The molecule has 0 saturated heterocycles. The van der Waals surface area contributed by atoms with Crippen LogP contribution in [-0.2, 0) is 0 Å². The molecule has 0 aliphatic carbocycles. The average Bonchev–Trinajstić information content (AvgIpc) is 1.37. The Morgan fingerprint density at radius 2 is 2.25 bits per heavy atom. The zero-order valence-corrected chi connectivity index (χ0v) is 2.08. The van der Waals surface area contributed by atoms with Crippen molar-refractivity contribution >= 4 is 6.34 Å². The van der Waals surface area contributed by atoms with Crippen molar-refractivity contribution in [3.8, 4) is 0 Å². The van der Waals surface area contributed by atoms with E-state index in [4.69, 9.17) is 5.41 Å². The summed E-state index contributed by atoms with van der Waals surface area (Å²) in [7, 11) is 0. The number of nitrogens with one attached hydrogen (secondary N) is 2. The Balaban J connectivity index is 2.30. The van der Waals surface area contributed by atoms with Gasteiger partial charge >= 0.3 is 6.34 Å². The van der Waals surface area contributed by atoms with Gasteiger partial charge in [-0.1, -0.05) is 5.43 Å². The van der Waals surface area contributed by atoms with Gasteiger partial charge in [0.25, 0.3) is 0 Å². The van der Waals surface area contributed by atoms with Gasteiger partial charge in [0, 0.05) is 0 Å². The standard InChI is InChI=1S/CH4N3/c2-1-4-3/h3H2,(H2,2,4)/q+1. The molecule has 0 atom stereocenters. The Hall–Kier alpha value is -0.660. The van der Waals surface area contributed by atoms with E-state index >= 15 is 0 Å². The van der Waals surface area contributed by atoms with Crippen molar-refractivity contribution < 1.29 is 0 Å². The topological polar surface area (TPSA) is 61.9 Å². The molecule has 0 radical (unpaired) electrons. The van der Waals surface area contributed by atoms with Crippen LogP contribution >= 0.6 is 0 Å². The third-order valence-corrected chi connectivity index (χ3v) is 0.0722. The molecule has 0 bridgehead atoms. The van der Waals surface area contributed by atoms with Gasteiger partial charge in [-0.2, -0.15) is 0 Å². The molecule has 3 heteroatoms. The first-order valence-electron chi connectivity index (χ1n) is 0.789. The quantitative estimate of drug-likeness (QED) is 0.0898. The Bertz CT molecular complexity index is 17.2. The van der Waals surface area contributed by atoms with Gasteiger partial charge in [0.15, 0.2) is 0 Å². The molecular formula is CH4N3+. The van der Waals surface area contributed by atoms with Gasteiger partial charge < -0.3 is 0 Å². The molecule has 0 heterocycles. The number of hydrogen-bond donors (Lipinski definition) is 3. The summed E-state index contributed by atoms with van der Waals surface area (Å²) >= 11 is 0. The maximum atomic E-state index is 5.97. The average molecular weight is 58.1 g/mol. The molecule has 4 N–H and O–H groups in total. The summed E-state index contributed by atoms with van der Waals surface area (Å²) in [4.78, 5) is 0. The molecule has 4 heavy (non-hydrogen) atoms. The number of hydrazine groups is 1. The predicted octanol–water partition coefficient (Wildman–Crippen LogP) is -1.07. The molecule has 0 aromatic carbocycles. The molecule has 22 valence electrons. The Morgan fingerprint density at radius 1 is 2.00 bits per heavy atom. The molecular weight excluding hydrogens is 54.0 g/mol. The highest BCUT2D eigenvalue weighted by Crippen LogP contribution is 1.04. The van der Waals surface area contributed by atoms with Crippen LogP contribution in [-0.4, -0.2) is 6.34 Å². The van der Waals surface area contributed by atoms with Gasteiger partial charge in [-0.3, -0.25) is 0 Å². The second kappa shape index (κ2) is 2.34. The van der Waals surface area contributed by atoms with Crippen LogP contribution in [0.2, 0.25) is 0 Å². The lowest BCUT2D eigenvalue weighted by Crippen LogP contribution is -2.17. The number of hydrogen-bond acceptors (Lipinski definition) is 2. The van der Waals surface area contributed by atoms with Crippen LogP contribution in [0.4, 0.5) is 0 Å². The molecule has 0 aromatic heterocycles. The van der Waals surface area contributed by atoms with E-state index in [-0.39, 0.29) is 0 Å². The van der Waals surface area contributed by atoms with E-state index in [1.54, 1.807) is 6.34 Å². The molecule has 0 rings (SSSR count). The molecule has 0 unspecified atom stereocenters. The van der Waals surface area contributed by atoms with E-state index in [0.717, 1.165) is 0 Å². The van der Waals surface area contributed by atoms with E-state index in [1.165, 1.54) is 0 Å². The molecule has 0 fully saturated rings. The zero-order chi connectivity index (χ0) is 3.41. The normalized spacial score (nSPS) is 4.25. The van der Waals surface area contributed by atoms with Crippen LogP contribution in [0, 0.1) is 5.41 Å². The Labute approximate surface area is 24.3 Å². The lowest BCUT2D eigenvalue weighted by Gasteiger charge is -1.48. The van der Waals surface area contributed by atoms with Gasteiger partial charge in [-0.25, -0.2) is 5.84 Å². The van der Waals surface area contributed by atoms with Crippen LogP contribution < -0.4 is 11.3 Å². The van der Waals surface area contributed by atoms with E-state index in [1.807, 2.05) is 5.43 Å². The monoisotopic (exact) mass is 58.0 g/mol. The maximum Gasteiger partial charge on any atom is 0.528 e. The van der Waals surface area contributed by atoms with Gasteiger partial charge in [-0.05, 0) is 5.41 Å². The molecule has 0 aliphatic heterocycles. The smallest absolute Gasteiger partial charge is 0.206 e. The second-order valence-corrected chi connectivity index (χ2v) is 0.269. The third kappa shape index (κ3) is 1.34. The fourth-order valence-corrected chi connectivity index (χ4v) is 0. The summed E-state index contributed by atoms with van der Waals surface area (Å²) in [6, 6.07) is 0. The van der Waals surface area contributed by atoms with Gasteiger partial charge in [0.2, 0.25) is 0 Å². The molecule has 0 aromatic rings. The summed E-state index contributed by atoms with van der Waals surface area (Å²) in [6.07, 6.45) is 1.71. The van der Waals surface area contributed by atoms with Crippen molar-refractivity contribution in [2.45, 2.75) is 0 Å². The summed E-state index contributed by atoms with van der Waals surface area (Å²) in [5.41, 5.74) is 1.85. The fraction of sp³-hybridized carbons (Fsp3) is 0. The van der Waals surface area contributed by atoms with Crippen molar-refractivity contribution in [3.63, 3.8) is 0 Å². The van der Waals surface area contributed by atoms with Crippen molar-refractivity contribution in [1.29, 1.82) is 5.41 Å². The first-order valence-corrected chi connectivity index (χ1v) is 0.789. The Morgan fingerprint density at radius 3 is 2.25 bits per heavy atom. The SMILES string of the molecule is N=[C+]NN. The number of rotatable bonds is 1. The van der Waals surface area contributed by atoms with E-state index < -0.39 is 0 Å². The number of nitrogens with two attached hydrogens (primary N) is 1. The first-order chi connectivity index (χ1) is 1.91. The van der Waals surface area contributed by atoms with Crippen molar-refractivity contribution in [3.05, 3.63) is 0 Å². The lowest BCUT2D eigenvalue weighted by atomic mass is 11.4. The van der Waals surface area contributed by atoms with Crippen LogP contribution in [0.25, 0.3) is 0 Å². The van der Waals surface area contributed by atoms with Crippen LogP contribution in [0.5, 0.6) is 0 Å².